The van der Waals surface area contributed by atoms with Crippen LogP contribution in [0.4, 0.5) is 0 Å². The van der Waals surface area contributed by atoms with Gasteiger partial charge in [0.15, 0.2) is 0 Å². The van der Waals surface area contributed by atoms with Gasteiger partial charge in [0.05, 0.1) is 27.7 Å². The molecular weight excluding hydrogens is 316 g/mol. The molecule has 0 aliphatic rings. The van der Waals surface area contributed by atoms with E-state index in [0.29, 0.717) is 15.6 Å². The minimum absolute atomic E-state index is 0.152. The summed E-state index contributed by atoms with van der Waals surface area (Å²) in [7, 11) is 0. The van der Waals surface area contributed by atoms with Crippen molar-refractivity contribution in [3.8, 4) is 17.9 Å². The molecule has 2 aromatic carbocycles. The van der Waals surface area contributed by atoms with Gasteiger partial charge in [-0.2, -0.15) is 10.5 Å². The number of nitriles is 2. The fraction of sp³-hybridized carbons (Fsp3) is 0. The number of halogens is 1. The highest BCUT2D eigenvalue weighted by molar-refractivity contribution is 9.10. The van der Waals surface area contributed by atoms with Gasteiger partial charge in [-0.25, -0.2) is 0 Å². The van der Waals surface area contributed by atoms with Crippen LogP contribution in [-0.4, -0.2) is 5.11 Å². The maximum Gasteiger partial charge on any atom is 0.129 e. The van der Waals surface area contributed by atoms with E-state index in [1.165, 1.54) is 0 Å². The first kappa shape index (κ1) is 13.9. The van der Waals surface area contributed by atoms with Crippen LogP contribution in [0.3, 0.4) is 0 Å². The van der Waals surface area contributed by atoms with Crippen molar-refractivity contribution >= 4 is 27.6 Å². The van der Waals surface area contributed by atoms with E-state index < -0.39 is 0 Å². The third-order valence-corrected chi connectivity index (χ3v) is 3.36. The maximum atomic E-state index is 9.45. The monoisotopic (exact) mass is 324 g/mol. The van der Waals surface area contributed by atoms with E-state index in [1.807, 2.05) is 6.07 Å². The minimum atomic E-state index is 0.152. The Hall–Kier alpha value is -2.56. The molecule has 0 bridgehead atoms. The first-order valence-corrected chi connectivity index (χ1v) is 6.54. The van der Waals surface area contributed by atoms with Crippen molar-refractivity contribution in [1.82, 2.24) is 0 Å². The summed E-state index contributed by atoms with van der Waals surface area (Å²) in [5.74, 6) is 0.152. The molecule has 0 saturated carbocycles. The molecular formula is C16H9BrN2O. The van der Waals surface area contributed by atoms with Crippen molar-refractivity contribution < 1.29 is 5.11 Å². The molecule has 0 aliphatic heterocycles. The molecule has 0 amide bonds. The van der Waals surface area contributed by atoms with Crippen molar-refractivity contribution in [2.75, 3.05) is 0 Å². The Morgan fingerprint density at radius 1 is 1.10 bits per heavy atom. The fourth-order valence-corrected chi connectivity index (χ4v) is 2.08. The number of allylic oxidation sites excluding steroid dienone is 1. The Morgan fingerprint density at radius 2 is 1.80 bits per heavy atom. The van der Waals surface area contributed by atoms with Gasteiger partial charge in [0.1, 0.15) is 5.75 Å². The number of phenolic OH excluding ortho intramolecular Hbond substituents is 1. The molecule has 0 fully saturated rings. The molecule has 96 valence electrons. The Kier molecular flexibility index (Phi) is 4.20. The van der Waals surface area contributed by atoms with Crippen molar-refractivity contribution in [2.45, 2.75) is 0 Å². The Morgan fingerprint density at radius 3 is 2.35 bits per heavy atom. The van der Waals surface area contributed by atoms with E-state index >= 15 is 0 Å². The van der Waals surface area contributed by atoms with E-state index in [1.54, 1.807) is 48.5 Å². The average Bonchev–Trinajstić information content (AvgIpc) is 2.48. The molecule has 2 aromatic rings. The molecule has 0 aromatic heterocycles. The molecule has 4 heteroatoms. The molecule has 20 heavy (non-hydrogen) atoms. The van der Waals surface area contributed by atoms with Gasteiger partial charge in [0.2, 0.25) is 0 Å². The lowest BCUT2D eigenvalue weighted by molar-refractivity contribution is 0.472. The summed E-state index contributed by atoms with van der Waals surface area (Å²) < 4.78 is 0.573. The van der Waals surface area contributed by atoms with Gasteiger partial charge in [0, 0.05) is 0 Å². The van der Waals surface area contributed by atoms with Gasteiger partial charge < -0.3 is 5.11 Å². The van der Waals surface area contributed by atoms with E-state index in [9.17, 15) is 10.4 Å². The van der Waals surface area contributed by atoms with Crippen molar-refractivity contribution in [3.05, 3.63) is 63.6 Å². The maximum absolute atomic E-state index is 9.45. The zero-order valence-electron chi connectivity index (χ0n) is 10.3. The van der Waals surface area contributed by atoms with Crippen LogP contribution >= 0.6 is 15.9 Å². The second-order valence-electron chi connectivity index (χ2n) is 4.07. The second kappa shape index (κ2) is 6.06. The smallest absolute Gasteiger partial charge is 0.129 e. The number of nitrogens with zero attached hydrogens (tertiary/aromatic N) is 2. The van der Waals surface area contributed by atoms with E-state index in [2.05, 4.69) is 22.0 Å². The molecule has 0 heterocycles. The number of rotatable bonds is 2. The van der Waals surface area contributed by atoms with Crippen molar-refractivity contribution in [3.63, 3.8) is 0 Å². The summed E-state index contributed by atoms with van der Waals surface area (Å²) in [6.45, 7) is 0. The first-order valence-electron chi connectivity index (χ1n) is 5.75. The molecule has 0 saturated heterocycles. The minimum Gasteiger partial charge on any atom is -0.507 e. The van der Waals surface area contributed by atoms with Gasteiger partial charge in [-0.05, 0) is 57.4 Å². The zero-order chi connectivity index (χ0) is 14.5. The van der Waals surface area contributed by atoms with Gasteiger partial charge in [0.25, 0.3) is 0 Å². The highest BCUT2D eigenvalue weighted by Crippen LogP contribution is 2.26. The molecule has 0 atom stereocenters. The largest absolute Gasteiger partial charge is 0.507 e. The number of hydrogen-bond donors (Lipinski definition) is 1. The van der Waals surface area contributed by atoms with Crippen LogP contribution in [0.15, 0.2) is 46.9 Å². The summed E-state index contributed by atoms with van der Waals surface area (Å²) in [5.41, 5.74) is 2.59. The van der Waals surface area contributed by atoms with Crippen LogP contribution in [-0.2, 0) is 0 Å². The Labute approximate surface area is 125 Å². The summed E-state index contributed by atoms with van der Waals surface area (Å²) in [5, 5.41) is 27.5. The summed E-state index contributed by atoms with van der Waals surface area (Å²) in [6, 6.07) is 16.0. The zero-order valence-corrected chi connectivity index (χ0v) is 11.9. The van der Waals surface area contributed by atoms with Gasteiger partial charge in [-0.15, -0.1) is 0 Å². The quantitative estimate of drug-likeness (QED) is 0.668. The van der Waals surface area contributed by atoms with Gasteiger partial charge in [-0.1, -0.05) is 18.2 Å². The van der Waals surface area contributed by atoms with Crippen LogP contribution < -0.4 is 0 Å². The molecule has 3 nitrogen and oxygen atoms in total. The number of hydrogen-bond acceptors (Lipinski definition) is 3. The SMILES string of the molecule is N#C/C(=C/c1ccc(O)c(Br)c1)c1ccc(C#N)cc1. The van der Waals surface area contributed by atoms with Gasteiger partial charge in [-0.3, -0.25) is 0 Å². The summed E-state index contributed by atoms with van der Waals surface area (Å²) in [6.07, 6.45) is 1.73. The molecule has 0 aliphatic carbocycles. The number of phenols is 1. The van der Waals surface area contributed by atoms with Crippen LogP contribution in [0.1, 0.15) is 16.7 Å². The van der Waals surface area contributed by atoms with E-state index in [0.717, 1.165) is 11.1 Å². The molecule has 0 spiro atoms. The van der Waals surface area contributed by atoms with Crippen LogP contribution in [0.25, 0.3) is 11.6 Å². The molecule has 1 N–H and O–H groups in total. The number of aromatic hydroxyl groups is 1. The number of benzene rings is 2. The lowest BCUT2D eigenvalue weighted by atomic mass is 10.0. The van der Waals surface area contributed by atoms with E-state index in [-0.39, 0.29) is 5.75 Å². The van der Waals surface area contributed by atoms with Crippen molar-refractivity contribution in [1.29, 1.82) is 10.5 Å². The van der Waals surface area contributed by atoms with E-state index in [4.69, 9.17) is 5.26 Å². The first-order chi connectivity index (χ1) is 9.63. The Balaban J connectivity index is 2.40. The standard InChI is InChI=1S/C16H9BrN2O/c17-15-8-12(3-6-16(15)20)7-14(10-19)13-4-1-11(9-18)2-5-13/h1-8,20H/b14-7-. The van der Waals surface area contributed by atoms with Crippen LogP contribution in [0.5, 0.6) is 5.75 Å². The third-order valence-electron chi connectivity index (χ3n) is 2.73. The molecule has 0 radical (unpaired) electrons. The van der Waals surface area contributed by atoms with Crippen LogP contribution in [0.2, 0.25) is 0 Å². The predicted molar refractivity (Wildman–Crippen MR) is 80.4 cm³/mol. The van der Waals surface area contributed by atoms with Gasteiger partial charge >= 0.3 is 0 Å². The highest BCUT2D eigenvalue weighted by atomic mass is 79.9. The molecule has 2 rings (SSSR count). The third kappa shape index (κ3) is 3.06. The highest BCUT2D eigenvalue weighted by Gasteiger charge is 2.03. The van der Waals surface area contributed by atoms with Crippen molar-refractivity contribution in [2.24, 2.45) is 0 Å². The Bertz CT molecular complexity index is 750. The predicted octanol–water partition coefficient (Wildman–Crippen LogP) is 4.09. The summed E-state index contributed by atoms with van der Waals surface area (Å²) >= 11 is 3.23. The molecule has 0 unspecified atom stereocenters. The topological polar surface area (TPSA) is 67.8 Å². The normalized spacial score (nSPS) is 10.7. The lowest BCUT2D eigenvalue weighted by Crippen LogP contribution is -1.83. The average molecular weight is 325 g/mol. The lowest BCUT2D eigenvalue weighted by Gasteiger charge is -2.02. The van der Waals surface area contributed by atoms with Crippen LogP contribution in [0, 0.1) is 22.7 Å². The summed E-state index contributed by atoms with van der Waals surface area (Å²) in [4.78, 5) is 0. The second-order valence-corrected chi connectivity index (χ2v) is 4.92. The fourth-order valence-electron chi connectivity index (χ4n) is 1.68.